The Morgan fingerprint density at radius 2 is 2.32 bits per heavy atom. The zero-order chi connectivity index (χ0) is 13.5. The molecule has 1 aliphatic carbocycles. The maximum Gasteiger partial charge on any atom is 0.234 e. The average molecular weight is 266 g/mol. The van der Waals surface area contributed by atoms with Crippen molar-refractivity contribution in [2.24, 2.45) is 0 Å². The maximum atomic E-state index is 11.8. The van der Waals surface area contributed by atoms with Gasteiger partial charge in [-0.05, 0) is 51.5 Å². The summed E-state index contributed by atoms with van der Waals surface area (Å²) in [5, 5.41) is 12.5. The Kier molecular flexibility index (Phi) is 5.86. The van der Waals surface area contributed by atoms with Gasteiger partial charge in [0.15, 0.2) is 0 Å². The second kappa shape index (κ2) is 7.65. The molecule has 1 saturated heterocycles. The van der Waals surface area contributed by atoms with Gasteiger partial charge < -0.3 is 10.4 Å². The zero-order valence-corrected chi connectivity index (χ0v) is 11.7. The van der Waals surface area contributed by atoms with Gasteiger partial charge in [0.1, 0.15) is 0 Å². The van der Waals surface area contributed by atoms with Crippen LogP contribution < -0.4 is 5.32 Å². The van der Waals surface area contributed by atoms with Gasteiger partial charge in [-0.15, -0.1) is 0 Å². The van der Waals surface area contributed by atoms with Gasteiger partial charge in [-0.25, -0.2) is 0 Å². The van der Waals surface area contributed by atoms with Gasteiger partial charge in [-0.1, -0.05) is 11.6 Å². The quantitative estimate of drug-likeness (QED) is 0.741. The summed E-state index contributed by atoms with van der Waals surface area (Å²) in [4.78, 5) is 13.9. The first-order valence-corrected chi connectivity index (χ1v) is 7.59. The van der Waals surface area contributed by atoms with E-state index in [1.165, 1.54) is 31.3 Å². The van der Waals surface area contributed by atoms with E-state index in [-0.39, 0.29) is 12.0 Å². The van der Waals surface area contributed by atoms with Crippen molar-refractivity contribution in [3.8, 4) is 0 Å². The number of allylic oxidation sites excluding steroid dienone is 1. The van der Waals surface area contributed by atoms with Gasteiger partial charge in [-0.2, -0.15) is 0 Å². The summed E-state index contributed by atoms with van der Waals surface area (Å²) in [6.07, 6.45) is 9.94. The predicted octanol–water partition coefficient (Wildman–Crippen LogP) is 1.45. The minimum absolute atomic E-state index is 0.0884. The molecule has 0 radical (unpaired) electrons. The molecule has 0 unspecified atom stereocenters. The van der Waals surface area contributed by atoms with Crippen LogP contribution in [0.3, 0.4) is 0 Å². The van der Waals surface area contributed by atoms with E-state index in [2.05, 4.69) is 11.4 Å². The molecule has 4 nitrogen and oxygen atoms in total. The number of hydrogen-bond donors (Lipinski definition) is 2. The summed E-state index contributed by atoms with van der Waals surface area (Å²) in [5.41, 5.74) is 1.50. The molecule has 19 heavy (non-hydrogen) atoms. The van der Waals surface area contributed by atoms with Crippen molar-refractivity contribution < 1.29 is 9.90 Å². The number of piperidine rings is 1. The molecule has 0 saturated carbocycles. The van der Waals surface area contributed by atoms with Crippen molar-refractivity contribution in [2.75, 3.05) is 26.2 Å². The van der Waals surface area contributed by atoms with Crippen LogP contribution in [0.25, 0.3) is 0 Å². The highest BCUT2D eigenvalue weighted by Crippen LogP contribution is 2.19. The van der Waals surface area contributed by atoms with E-state index < -0.39 is 0 Å². The first-order chi connectivity index (χ1) is 9.24. The Bertz CT molecular complexity index is 328. The summed E-state index contributed by atoms with van der Waals surface area (Å²) in [7, 11) is 0. The molecule has 0 bridgehead atoms. The molecular formula is C15H26N2O2. The number of β-amino-alcohol motifs (C(OH)–C–C–N with tert-alkyl or cyclic N) is 1. The number of rotatable bonds is 5. The minimum atomic E-state index is -0.256. The van der Waals surface area contributed by atoms with Crippen molar-refractivity contribution in [1.29, 1.82) is 0 Å². The lowest BCUT2D eigenvalue weighted by Gasteiger charge is -2.29. The van der Waals surface area contributed by atoms with Crippen LogP contribution in [0, 0.1) is 0 Å². The van der Waals surface area contributed by atoms with Crippen molar-refractivity contribution >= 4 is 5.91 Å². The van der Waals surface area contributed by atoms with Gasteiger partial charge in [0, 0.05) is 13.1 Å². The Balaban J connectivity index is 1.60. The summed E-state index contributed by atoms with van der Waals surface area (Å²) < 4.78 is 0. The lowest BCUT2D eigenvalue weighted by Crippen LogP contribution is -2.44. The number of aliphatic hydroxyl groups is 1. The van der Waals surface area contributed by atoms with E-state index in [1.807, 2.05) is 4.90 Å². The van der Waals surface area contributed by atoms with Crippen molar-refractivity contribution in [2.45, 2.75) is 51.0 Å². The molecule has 1 aliphatic heterocycles. The summed E-state index contributed by atoms with van der Waals surface area (Å²) in [5.74, 6) is 0.0884. The van der Waals surface area contributed by atoms with Crippen molar-refractivity contribution in [3.63, 3.8) is 0 Å². The number of nitrogens with zero attached hydrogens (tertiary/aromatic N) is 1. The monoisotopic (exact) mass is 266 g/mol. The SMILES string of the molecule is O=C(CN1CCC[C@@H](O)C1)NCCC1=CCCCC1. The molecule has 0 aromatic carbocycles. The van der Waals surface area contributed by atoms with E-state index in [4.69, 9.17) is 0 Å². The molecule has 0 spiro atoms. The third kappa shape index (κ3) is 5.33. The average Bonchev–Trinajstić information content (AvgIpc) is 2.40. The zero-order valence-electron chi connectivity index (χ0n) is 11.7. The topological polar surface area (TPSA) is 52.6 Å². The van der Waals surface area contributed by atoms with Gasteiger partial charge in [-0.3, -0.25) is 9.69 Å². The third-order valence-electron chi connectivity index (χ3n) is 4.00. The molecule has 1 amide bonds. The summed E-state index contributed by atoms with van der Waals surface area (Å²) in [6.45, 7) is 2.74. The second-order valence-electron chi connectivity index (χ2n) is 5.74. The van der Waals surface area contributed by atoms with Crippen LogP contribution in [0.5, 0.6) is 0 Å². The molecule has 2 rings (SSSR count). The fourth-order valence-corrected chi connectivity index (χ4v) is 2.93. The molecule has 1 fully saturated rings. The van der Waals surface area contributed by atoms with E-state index >= 15 is 0 Å². The maximum absolute atomic E-state index is 11.8. The molecular weight excluding hydrogens is 240 g/mol. The van der Waals surface area contributed by atoms with E-state index in [0.717, 1.165) is 32.4 Å². The van der Waals surface area contributed by atoms with Crippen LogP contribution in [0.1, 0.15) is 44.9 Å². The first-order valence-electron chi connectivity index (χ1n) is 7.59. The van der Waals surface area contributed by atoms with Gasteiger partial charge in [0.05, 0.1) is 12.6 Å². The number of aliphatic hydroxyl groups excluding tert-OH is 1. The minimum Gasteiger partial charge on any atom is -0.392 e. The lowest BCUT2D eigenvalue weighted by molar-refractivity contribution is -0.122. The van der Waals surface area contributed by atoms with Crippen LogP contribution >= 0.6 is 0 Å². The smallest absolute Gasteiger partial charge is 0.234 e. The molecule has 1 heterocycles. The highest BCUT2D eigenvalue weighted by molar-refractivity contribution is 5.78. The van der Waals surface area contributed by atoms with Crippen LogP contribution in [0.4, 0.5) is 0 Å². The van der Waals surface area contributed by atoms with Crippen LogP contribution in [0.2, 0.25) is 0 Å². The predicted molar refractivity (Wildman–Crippen MR) is 75.9 cm³/mol. The second-order valence-corrected chi connectivity index (χ2v) is 5.74. The summed E-state index contributed by atoms with van der Waals surface area (Å²) >= 11 is 0. The van der Waals surface area contributed by atoms with E-state index in [1.54, 1.807) is 0 Å². The molecule has 1 atom stereocenters. The highest BCUT2D eigenvalue weighted by atomic mass is 16.3. The van der Waals surface area contributed by atoms with Crippen LogP contribution in [-0.4, -0.2) is 48.2 Å². The molecule has 0 aromatic rings. The third-order valence-corrected chi connectivity index (χ3v) is 4.00. The number of carbonyl (C=O) groups excluding carboxylic acids is 1. The Morgan fingerprint density at radius 3 is 3.05 bits per heavy atom. The molecule has 108 valence electrons. The summed E-state index contributed by atoms with van der Waals surface area (Å²) in [6, 6.07) is 0. The molecule has 0 aromatic heterocycles. The Hall–Kier alpha value is -0.870. The number of likely N-dealkylation sites (tertiary alicyclic amines) is 1. The van der Waals surface area contributed by atoms with Crippen molar-refractivity contribution in [1.82, 2.24) is 10.2 Å². The fraction of sp³-hybridized carbons (Fsp3) is 0.800. The van der Waals surface area contributed by atoms with E-state index in [0.29, 0.717) is 13.1 Å². The normalized spacial score (nSPS) is 24.9. The molecule has 2 aliphatic rings. The Morgan fingerprint density at radius 1 is 1.42 bits per heavy atom. The van der Waals surface area contributed by atoms with Gasteiger partial charge in [0.2, 0.25) is 5.91 Å². The van der Waals surface area contributed by atoms with Crippen LogP contribution in [-0.2, 0) is 4.79 Å². The fourth-order valence-electron chi connectivity index (χ4n) is 2.93. The highest BCUT2D eigenvalue weighted by Gasteiger charge is 2.19. The number of nitrogens with one attached hydrogen (secondary N) is 1. The number of hydrogen-bond acceptors (Lipinski definition) is 3. The standard InChI is InChI=1S/C15H26N2O2/c18-14-7-4-10-17(11-14)12-15(19)16-9-8-13-5-2-1-3-6-13/h5,14,18H,1-4,6-12H2,(H,16,19)/t14-/m1/s1. The van der Waals surface area contributed by atoms with Crippen molar-refractivity contribution in [3.05, 3.63) is 11.6 Å². The van der Waals surface area contributed by atoms with Gasteiger partial charge >= 0.3 is 0 Å². The van der Waals surface area contributed by atoms with Gasteiger partial charge in [0.25, 0.3) is 0 Å². The first kappa shape index (κ1) is 14.5. The van der Waals surface area contributed by atoms with E-state index in [9.17, 15) is 9.90 Å². The molecule has 2 N–H and O–H groups in total. The Labute approximate surface area is 115 Å². The van der Waals surface area contributed by atoms with Crippen LogP contribution in [0.15, 0.2) is 11.6 Å². The number of amides is 1. The molecule has 4 heteroatoms. The largest absolute Gasteiger partial charge is 0.392 e. The lowest BCUT2D eigenvalue weighted by atomic mass is 9.97. The number of carbonyl (C=O) groups is 1.